The van der Waals surface area contributed by atoms with Gasteiger partial charge < -0.3 is 5.32 Å². The molecule has 0 spiro atoms. The summed E-state index contributed by atoms with van der Waals surface area (Å²) in [5, 5.41) is 2.68. The second-order valence-electron chi connectivity index (χ2n) is 6.19. The van der Waals surface area contributed by atoms with E-state index in [0.717, 1.165) is 23.2 Å². The van der Waals surface area contributed by atoms with Gasteiger partial charge in [0.15, 0.2) is 0 Å². The first kappa shape index (κ1) is 17.8. The first-order chi connectivity index (χ1) is 12.4. The number of aromatic nitrogens is 2. The molecule has 0 bridgehead atoms. The van der Waals surface area contributed by atoms with Crippen molar-refractivity contribution in [3.63, 3.8) is 0 Å². The van der Waals surface area contributed by atoms with Gasteiger partial charge in [0.05, 0.1) is 17.1 Å². The van der Waals surface area contributed by atoms with E-state index in [1.165, 1.54) is 15.2 Å². The average molecular weight is 359 g/mol. The number of nitrogens with one attached hydrogen (secondary N) is 1. The van der Waals surface area contributed by atoms with Gasteiger partial charge in [-0.1, -0.05) is 18.2 Å². The normalized spacial score (nSPS) is 12.3. The molecule has 1 aromatic heterocycles. The number of carbonyl (C=O) groups is 1. The van der Waals surface area contributed by atoms with Crippen molar-refractivity contribution >= 4 is 16.9 Å². The highest BCUT2D eigenvalue weighted by molar-refractivity contribution is 5.78. The molecule has 136 valence electrons. The van der Waals surface area contributed by atoms with Crippen molar-refractivity contribution in [2.24, 2.45) is 7.05 Å². The average Bonchev–Trinajstić information content (AvgIpc) is 2.84. The monoisotopic (exact) mass is 359 g/mol. The Bertz CT molecular complexity index is 1020. The molecule has 3 aromatic rings. The summed E-state index contributed by atoms with van der Waals surface area (Å²) in [5.41, 5.74) is 1.56. The minimum absolute atomic E-state index is 0.0705. The van der Waals surface area contributed by atoms with Crippen LogP contribution in [0.1, 0.15) is 24.9 Å². The number of para-hydroxylation sites is 2. The van der Waals surface area contributed by atoms with E-state index >= 15 is 0 Å². The lowest BCUT2D eigenvalue weighted by Gasteiger charge is -2.15. The van der Waals surface area contributed by atoms with E-state index in [2.05, 4.69) is 5.32 Å². The highest BCUT2D eigenvalue weighted by atomic mass is 19.1. The Hall–Kier alpha value is -2.96. The van der Waals surface area contributed by atoms with Crippen molar-refractivity contribution in [1.82, 2.24) is 14.5 Å². The number of aryl methyl sites for hydroxylation is 2. The molecule has 1 N–H and O–H groups in total. The van der Waals surface area contributed by atoms with Gasteiger partial charge >= 0.3 is 5.69 Å². The topological polar surface area (TPSA) is 56.0 Å². The van der Waals surface area contributed by atoms with E-state index in [9.17, 15) is 18.4 Å². The first-order valence-corrected chi connectivity index (χ1v) is 8.27. The molecule has 0 fully saturated rings. The molecule has 7 heteroatoms. The highest BCUT2D eigenvalue weighted by Crippen LogP contribution is 2.18. The zero-order chi connectivity index (χ0) is 18.8. The Morgan fingerprint density at radius 2 is 1.85 bits per heavy atom. The molecule has 0 radical (unpaired) electrons. The third kappa shape index (κ3) is 3.37. The standard InChI is InChI=1S/C19H19F2N3O2/c1-12(14-8-7-13(20)11-15(14)21)22-18(25)9-10-24-17-6-4-3-5-16(17)23(2)19(24)26/h3-8,11-12H,9-10H2,1-2H3,(H,22,25). The van der Waals surface area contributed by atoms with Crippen molar-refractivity contribution in [2.45, 2.75) is 25.9 Å². The van der Waals surface area contributed by atoms with E-state index in [0.29, 0.717) is 0 Å². The number of rotatable bonds is 5. The van der Waals surface area contributed by atoms with Crippen LogP contribution in [0.15, 0.2) is 47.3 Å². The fourth-order valence-electron chi connectivity index (χ4n) is 3.04. The molecule has 0 saturated heterocycles. The minimum Gasteiger partial charge on any atom is -0.349 e. The number of fused-ring (bicyclic) bond motifs is 1. The fourth-order valence-corrected chi connectivity index (χ4v) is 3.04. The van der Waals surface area contributed by atoms with Crippen molar-refractivity contribution < 1.29 is 13.6 Å². The molecule has 1 heterocycles. The lowest BCUT2D eigenvalue weighted by atomic mass is 10.1. The number of imidazole rings is 1. The Labute approximate surface area is 148 Å². The lowest BCUT2D eigenvalue weighted by molar-refractivity contribution is -0.121. The lowest BCUT2D eigenvalue weighted by Crippen LogP contribution is -2.30. The van der Waals surface area contributed by atoms with Gasteiger partial charge in [-0.25, -0.2) is 13.6 Å². The smallest absolute Gasteiger partial charge is 0.328 e. The van der Waals surface area contributed by atoms with Crippen LogP contribution in [-0.2, 0) is 18.4 Å². The number of hydrogen-bond donors (Lipinski definition) is 1. The molecule has 0 saturated carbocycles. The second-order valence-corrected chi connectivity index (χ2v) is 6.19. The van der Waals surface area contributed by atoms with Gasteiger partial charge in [-0.05, 0) is 25.1 Å². The molecule has 1 amide bonds. The SMILES string of the molecule is CC(NC(=O)CCn1c(=O)n(C)c2ccccc21)c1ccc(F)cc1F. The van der Waals surface area contributed by atoms with E-state index in [1.54, 1.807) is 14.0 Å². The van der Waals surface area contributed by atoms with Gasteiger partial charge in [-0.2, -0.15) is 0 Å². The summed E-state index contributed by atoms with van der Waals surface area (Å²) in [6, 6.07) is 9.98. The Morgan fingerprint density at radius 1 is 1.15 bits per heavy atom. The summed E-state index contributed by atoms with van der Waals surface area (Å²) in [5.74, 6) is -1.69. The van der Waals surface area contributed by atoms with Crippen LogP contribution in [0, 0.1) is 11.6 Å². The maximum absolute atomic E-state index is 13.8. The van der Waals surface area contributed by atoms with Crippen LogP contribution < -0.4 is 11.0 Å². The van der Waals surface area contributed by atoms with Crippen LogP contribution in [0.25, 0.3) is 11.0 Å². The zero-order valence-electron chi connectivity index (χ0n) is 14.5. The Morgan fingerprint density at radius 3 is 2.54 bits per heavy atom. The van der Waals surface area contributed by atoms with Gasteiger partial charge in [-0.3, -0.25) is 13.9 Å². The maximum atomic E-state index is 13.8. The first-order valence-electron chi connectivity index (χ1n) is 8.27. The van der Waals surface area contributed by atoms with Gasteiger partial charge in [-0.15, -0.1) is 0 Å². The molecule has 0 aliphatic carbocycles. The predicted octanol–water partition coefficient (Wildman–Crippen LogP) is 2.89. The van der Waals surface area contributed by atoms with Crippen LogP contribution in [0.3, 0.4) is 0 Å². The third-order valence-electron chi connectivity index (χ3n) is 4.42. The van der Waals surface area contributed by atoms with Crippen molar-refractivity contribution in [3.05, 3.63) is 70.1 Å². The second kappa shape index (κ2) is 7.11. The molecule has 5 nitrogen and oxygen atoms in total. The minimum atomic E-state index is -0.705. The largest absolute Gasteiger partial charge is 0.349 e. The van der Waals surface area contributed by atoms with E-state index in [-0.39, 0.29) is 30.1 Å². The van der Waals surface area contributed by atoms with Gasteiger partial charge in [0.1, 0.15) is 11.6 Å². The molecule has 2 aromatic carbocycles. The summed E-state index contributed by atoms with van der Waals surface area (Å²) >= 11 is 0. The number of amides is 1. The maximum Gasteiger partial charge on any atom is 0.328 e. The van der Waals surface area contributed by atoms with Crippen molar-refractivity contribution in [3.8, 4) is 0 Å². The fraction of sp³-hybridized carbons (Fsp3) is 0.263. The van der Waals surface area contributed by atoms with Gasteiger partial charge in [0.2, 0.25) is 5.91 Å². The van der Waals surface area contributed by atoms with Gasteiger partial charge in [0.25, 0.3) is 0 Å². The van der Waals surface area contributed by atoms with Crippen molar-refractivity contribution in [1.29, 1.82) is 0 Å². The highest BCUT2D eigenvalue weighted by Gasteiger charge is 2.16. The molecular weight excluding hydrogens is 340 g/mol. The van der Waals surface area contributed by atoms with E-state index < -0.39 is 17.7 Å². The number of halogens is 2. The van der Waals surface area contributed by atoms with Crippen LogP contribution in [0.4, 0.5) is 8.78 Å². The molecule has 1 atom stereocenters. The van der Waals surface area contributed by atoms with Crippen LogP contribution >= 0.6 is 0 Å². The van der Waals surface area contributed by atoms with E-state index in [4.69, 9.17) is 0 Å². The number of nitrogens with zero attached hydrogens (tertiary/aromatic N) is 2. The molecule has 1 unspecified atom stereocenters. The number of hydrogen-bond acceptors (Lipinski definition) is 2. The van der Waals surface area contributed by atoms with Crippen molar-refractivity contribution in [2.75, 3.05) is 0 Å². The molecule has 26 heavy (non-hydrogen) atoms. The molecule has 0 aliphatic rings. The van der Waals surface area contributed by atoms with Crippen LogP contribution in [-0.4, -0.2) is 15.0 Å². The van der Waals surface area contributed by atoms with Gasteiger partial charge in [0, 0.05) is 31.6 Å². The Kier molecular flexibility index (Phi) is 4.88. The quantitative estimate of drug-likeness (QED) is 0.762. The molecular formula is C19H19F2N3O2. The molecule has 0 aliphatic heterocycles. The summed E-state index contributed by atoms with van der Waals surface area (Å²) in [4.78, 5) is 24.5. The third-order valence-corrected chi connectivity index (χ3v) is 4.42. The van der Waals surface area contributed by atoms with E-state index in [1.807, 2.05) is 24.3 Å². The van der Waals surface area contributed by atoms with Crippen LogP contribution in [0.2, 0.25) is 0 Å². The summed E-state index contributed by atoms with van der Waals surface area (Å²) < 4.78 is 29.9. The van der Waals surface area contributed by atoms with Crippen LogP contribution in [0.5, 0.6) is 0 Å². The number of benzene rings is 2. The summed E-state index contributed by atoms with van der Waals surface area (Å²) in [6.45, 7) is 1.84. The zero-order valence-corrected chi connectivity index (χ0v) is 14.5. The number of carbonyl (C=O) groups excluding carboxylic acids is 1. The summed E-state index contributed by atoms with van der Waals surface area (Å²) in [6.07, 6.45) is 0.0705. The Balaban J connectivity index is 1.70. The predicted molar refractivity (Wildman–Crippen MR) is 94.7 cm³/mol. The summed E-state index contributed by atoms with van der Waals surface area (Å²) in [7, 11) is 1.68. The molecule has 3 rings (SSSR count).